The Balaban J connectivity index is 2.88. The van der Waals surface area contributed by atoms with Crippen LogP contribution in [0.25, 0.3) is 0 Å². The Morgan fingerprint density at radius 2 is 1.88 bits per heavy atom. The van der Waals surface area contributed by atoms with Crippen molar-refractivity contribution in [1.82, 2.24) is 0 Å². The van der Waals surface area contributed by atoms with E-state index in [-0.39, 0.29) is 0 Å². The molecule has 0 saturated heterocycles. The Hall–Kier alpha value is -0.980. The predicted molar refractivity (Wildman–Crippen MR) is 75.1 cm³/mol. The Bertz CT molecular complexity index is 333. The fourth-order valence-electron chi connectivity index (χ4n) is 2.53. The van der Waals surface area contributed by atoms with Gasteiger partial charge in [-0.3, -0.25) is 0 Å². The lowest BCUT2D eigenvalue weighted by Gasteiger charge is -2.27. The zero-order valence-corrected chi connectivity index (χ0v) is 11.6. The number of aliphatic hydroxyl groups is 1. The van der Waals surface area contributed by atoms with Crippen LogP contribution in [0.4, 0.5) is 0 Å². The highest BCUT2D eigenvalue weighted by molar-refractivity contribution is 5.44. The first-order valence-corrected chi connectivity index (χ1v) is 6.91. The van der Waals surface area contributed by atoms with Gasteiger partial charge in [-0.05, 0) is 43.4 Å². The molecule has 0 radical (unpaired) electrons. The van der Waals surface area contributed by atoms with Crippen LogP contribution in [0.5, 0.6) is 0 Å². The minimum absolute atomic E-state index is 0.425. The summed E-state index contributed by atoms with van der Waals surface area (Å²) in [5, 5.41) is 9.90. The fourth-order valence-corrected chi connectivity index (χ4v) is 2.53. The summed E-state index contributed by atoms with van der Waals surface area (Å²) in [4.78, 5) is 0. The van der Waals surface area contributed by atoms with Crippen LogP contribution in [0.3, 0.4) is 0 Å². The van der Waals surface area contributed by atoms with Crippen molar-refractivity contribution < 1.29 is 5.11 Å². The Morgan fingerprint density at radius 3 is 2.47 bits per heavy atom. The van der Waals surface area contributed by atoms with Crippen LogP contribution in [-0.2, 0) is 0 Å². The molecule has 0 aliphatic heterocycles. The average molecular weight is 234 g/mol. The van der Waals surface area contributed by atoms with Crippen LogP contribution in [0.2, 0.25) is 0 Å². The quantitative estimate of drug-likeness (QED) is 0.660. The van der Waals surface area contributed by atoms with Gasteiger partial charge in [-0.2, -0.15) is 0 Å². The summed E-state index contributed by atoms with van der Waals surface area (Å²) in [7, 11) is 0. The summed E-state index contributed by atoms with van der Waals surface area (Å²) in [5.74, 6) is 0.895. The highest BCUT2D eigenvalue weighted by atomic mass is 16.3. The molecule has 0 aromatic heterocycles. The van der Waals surface area contributed by atoms with Crippen molar-refractivity contribution in [2.75, 3.05) is 0 Å². The topological polar surface area (TPSA) is 20.2 Å². The smallest absolute Gasteiger partial charge is 0.118 e. The third-order valence-electron chi connectivity index (χ3n) is 3.70. The summed E-state index contributed by atoms with van der Waals surface area (Å²) in [6, 6.07) is 0. The third kappa shape index (κ3) is 3.49. The van der Waals surface area contributed by atoms with Gasteiger partial charge in [-0.25, -0.2) is 0 Å². The summed E-state index contributed by atoms with van der Waals surface area (Å²) in [6.07, 6.45) is 9.00. The second-order valence-corrected chi connectivity index (χ2v) is 5.05. The molecular weight excluding hydrogens is 208 g/mol. The maximum Gasteiger partial charge on any atom is 0.118 e. The van der Waals surface area contributed by atoms with Gasteiger partial charge in [0, 0.05) is 5.92 Å². The fraction of sp³-hybridized carbons (Fsp3) is 0.625. The van der Waals surface area contributed by atoms with E-state index in [1.54, 1.807) is 0 Å². The van der Waals surface area contributed by atoms with Crippen molar-refractivity contribution in [1.29, 1.82) is 0 Å². The van der Waals surface area contributed by atoms with E-state index in [4.69, 9.17) is 0 Å². The monoisotopic (exact) mass is 234 g/mol. The molecule has 1 unspecified atom stereocenters. The van der Waals surface area contributed by atoms with Gasteiger partial charge >= 0.3 is 0 Å². The van der Waals surface area contributed by atoms with Crippen LogP contribution in [0.15, 0.2) is 35.1 Å². The van der Waals surface area contributed by atoms with Crippen molar-refractivity contribution in [3.8, 4) is 0 Å². The molecule has 0 spiro atoms. The molecule has 0 aromatic rings. The van der Waals surface area contributed by atoms with Gasteiger partial charge in [-0.1, -0.05) is 45.3 Å². The van der Waals surface area contributed by atoms with Crippen molar-refractivity contribution >= 4 is 0 Å². The highest BCUT2D eigenvalue weighted by Crippen LogP contribution is 2.37. The van der Waals surface area contributed by atoms with Gasteiger partial charge in [-0.15, -0.1) is 0 Å². The van der Waals surface area contributed by atoms with Crippen molar-refractivity contribution in [3.63, 3.8) is 0 Å². The van der Waals surface area contributed by atoms with Crippen LogP contribution >= 0.6 is 0 Å². The molecule has 1 N–H and O–H groups in total. The van der Waals surface area contributed by atoms with E-state index in [9.17, 15) is 5.11 Å². The van der Waals surface area contributed by atoms with E-state index in [0.717, 1.165) is 17.6 Å². The molecule has 17 heavy (non-hydrogen) atoms. The molecule has 96 valence electrons. The lowest BCUT2D eigenvalue weighted by Crippen LogP contribution is -2.14. The molecule has 0 heterocycles. The van der Waals surface area contributed by atoms with E-state index in [1.807, 2.05) is 13.0 Å². The van der Waals surface area contributed by atoms with Gasteiger partial charge in [0.25, 0.3) is 0 Å². The molecule has 0 aromatic carbocycles. The molecule has 1 aliphatic carbocycles. The number of allylic oxidation sites excluding steroid dienone is 4. The second-order valence-electron chi connectivity index (χ2n) is 5.05. The molecule has 1 nitrogen and oxygen atoms in total. The second kappa shape index (κ2) is 6.68. The van der Waals surface area contributed by atoms with Crippen molar-refractivity contribution in [2.24, 2.45) is 5.92 Å². The average Bonchev–Trinajstić information content (AvgIpc) is 2.30. The first-order valence-electron chi connectivity index (χ1n) is 6.91. The third-order valence-corrected chi connectivity index (χ3v) is 3.70. The van der Waals surface area contributed by atoms with E-state index in [0.29, 0.717) is 11.7 Å². The zero-order chi connectivity index (χ0) is 12.8. The normalized spacial score (nSPS) is 20.8. The lowest BCUT2D eigenvalue weighted by atomic mass is 9.78. The van der Waals surface area contributed by atoms with Gasteiger partial charge in [0.15, 0.2) is 0 Å². The van der Waals surface area contributed by atoms with Crippen molar-refractivity contribution in [3.05, 3.63) is 35.1 Å². The Morgan fingerprint density at radius 1 is 1.24 bits per heavy atom. The predicted octanol–water partition coefficient (Wildman–Crippen LogP) is 5.31. The van der Waals surface area contributed by atoms with E-state index >= 15 is 0 Å². The summed E-state index contributed by atoms with van der Waals surface area (Å²) in [6.45, 7) is 10.6. The van der Waals surface area contributed by atoms with Gasteiger partial charge < -0.3 is 5.11 Å². The molecule has 1 atom stereocenters. The van der Waals surface area contributed by atoms with Crippen LogP contribution < -0.4 is 0 Å². The molecule has 0 fully saturated rings. The van der Waals surface area contributed by atoms with E-state index in [2.05, 4.69) is 20.4 Å². The largest absolute Gasteiger partial charge is 0.508 e. The van der Waals surface area contributed by atoms with Crippen LogP contribution in [0.1, 0.15) is 59.3 Å². The molecule has 0 bridgehead atoms. The number of hydrogen-bond donors (Lipinski definition) is 1. The molecule has 1 aliphatic rings. The molecule has 1 rings (SSSR count). The number of aliphatic hydroxyl groups excluding tert-OH is 1. The maximum absolute atomic E-state index is 9.90. The standard InChI is InChI=1S/C16H26O/c1-5-7-9-14-12(3)11-16(17)13(4)15(14)10-8-6-2/h11,14,17H,3,5-10H2,1-2,4H3. The van der Waals surface area contributed by atoms with Crippen LogP contribution in [-0.4, -0.2) is 5.11 Å². The Labute approximate surface area is 106 Å². The highest BCUT2D eigenvalue weighted by Gasteiger charge is 2.23. The molecule has 0 amide bonds. The number of rotatable bonds is 6. The number of hydrogen-bond acceptors (Lipinski definition) is 1. The summed E-state index contributed by atoms with van der Waals surface area (Å²) < 4.78 is 0. The first kappa shape index (κ1) is 14.1. The van der Waals surface area contributed by atoms with E-state index < -0.39 is 0 Å². The van der Waals surface area contributed by atoms with Gasteiger partial charge in [0.2, 0.25) is 0 Å². The first-order chi connectivity index (χ1) is 8.11. The SMILES string of the molecule is C=C1C=C(O)C(C)=C(CCCC)C1CCCC. The Kier molecular flexibility index (Phi) is 5.54. The summed E-state index contributed by atoms with van der Waals surface area (Å²) in [5.41, 5.74) is 3.60. The summed E-state index contributed by atoms with van der Waals surface area (Å²) >= 11 is 0. The molecule has 1 heteroatoms. The molecular formula is C16H26O. The molecule has 0 saturated carbocycles. The zero-order valence-electron chi connectivity index (χ0n) is 11.6. The van der Waals surface area contributed by atoms with Crippen molar-refractivity contribution in [2.45, 2.75) is 59.3 Å². The van der Waals surface area contributed by atoms with E-state index in [1.165, 1.54) is 37.7 Å². The number of unbranched alkanes of at least 4 members (excludes halogenated alkanes) is 2. The van der Waals surface area contributed by atoms with Gasteiger partial charge in [0.1, 0.15) is 5.76 Å². The minimum atomic E-state index is 0.425. The van der Waals surface area contributed by atoms with Gasteiger partial charge in [0.05, 0.1) is 0 Å². The maximum atomic E-state index is 9.90. The van der Waals surface area contributed by atoms with Crippen LogP contribution in [0, 0.1) is 5.92 Å². The minimum Gasteiger partial charge on any atom is -0.508 e. The lowest BCUT2D eigenvalue weighted by molar-refractivity contribution is 0.411.